The Labute approximate surface area is 195 Å². The number of nitrogens with one attached hydrogen (secondary N) is 1. The Kier molecular flexibility index (Phi) is 6.78. The average Bonchev–Trinajstić information content (AvgIpc) is 2.83. The molecule has 0 radical (unpaired) electrons. The van der Waals surface area contributed by atoms with Crippen molar-refractivity contribution in [3.05, 3.63) is 101 Å². The number of carbonyl (C=O) groups is 2. The summed E-state index contributed by atoms with van der Waals surface area (Å²) in [5.74, 6) is 0.502. The third-order valence-electron chi connectivity index (χ3n) is 6.13. The van der Waals surface area contributed by atoms with Gasteiger partial charge in [-0.05, 0) is 54.7 Å². The SMILES string of the molecule is CC(=O)N1CCc2ccc(O[C@@H](C)C(=O)NCc3ccccc3)cc2[C@H]1c1ccc(C)cc1. The average molecular weight is 443 g/mol. The van der Waals surface area contributed by atoms with Gasteiger partial charge in [-0.2, -0.15) is 0 Å². The van der Waals surface area contributed by atoms with Gasteiger partial charge in [0.2, 0.25) is 5.91 Å². The fourth-order valence-corrected chi connectivity index (χ4v) is 4.30. The lowest BCUT2D eigenvalue weighted by Gasteiger charge is -2.37. The molecule has 0 saturated carbocycles. The second kappa shape index (κ2) is 9.90. The molecule has 0 spiro atoms. The van der Waals surface area contributed by atoms with E-state index >= 15 is 0 Å². The number of hydrogen-bond donors (Lipinski definition) is 1. The molecule has 0 bridgehead atoms. The molecule has 0 fully saturated rings. The van der Waals surface area contributed by atoms with Gasteiger partial charge < -0.3 is 15.0 Å². The first-order valence-corrected chi connectivity index (χ1v) is 11.4. The van der Waals surface area contributed by atoms with Crippen LogP contribution in [0.4, 0.5) is 0 Å². The van der Waals surface area contributed by atoms with Gasteiger partial charge in [-0.1, -0.05) is 66.2 Å². The van der Waals surface area contributed by atoms with Crippen molar-refractivity contribution in [3.63, 3.8) is 0 Å². The van der Waals surface area contributed by atoms with E-state index in [1.807, 2.05) is 47.4 Å². The smallest absolute Gasteiger partial charge is 0.261 e. The van der Waals surface area contributed by atoms with Crippen molar-refractivity contribution >= 4 is 11.8 Å². The van der Waals surface area contributed by atoms with Crippen LogP contribution >= 0.6 is 0 Å². The Morgan fingerprint density at radius 1 is 1.06 bits per heavy atom. The van der Waals surface area contributed by atoms with Gasteiger partial charge in [0.25, 0.3) is 5.91 Å². The monoisotopic (exact) mass is 442 g/mol. The van der Waals surface area contributed by atoms with Crippen molar-refractivity contribution < 1.29 is 14.3 Å². The summed E-state index contributed by atoms with van der Waals surface area (Å²) in [5.41, 5.74) is 5.54. The number of nitrogens with zero attached hydrogens (tertiary/aromatic N) is 1. The van der Waals surface area contributed by atoms with Gasteiger partial charge in [-0.15, -0.1) is 0 Å². The third kappa shape index (κ3) is 5.25. The maximum Gasteiger partial charge on any atom is 0.261 e. The van der Waals surface area contributed by atoms with Crippen molar-refractivity contribution in [3.8, 4) is 5.75 Å². The lowest BCUT2D eigenvalue weighted by molar-refractivity contribution is -0.131. The van der Waals surface area contributed by atoms with E-state index in [1.54, 1.807) is 13.8 Å². The third-order valence-corrected chi connectivity index (χ3v) is 6.13. The van der Waals surface area contributed by atoms with Gasteiger partial charge in [0.1, 0.15) is 5.75 Å². The fourth-order valence-electron chi connectivity index (χ4n) is 4.30. The number of fused-ring (bicyclic) bond motifs is 1. The molecule has 33 heavy (non-hydrogen) atoms. The Hall–Kier alpha value is -3.60. The summed E-state index contributed by atoms with van der Waals surface area (Å²) in [4.78, 5) is 26.9. The van der Waals surface area contributed by atoms with Crippen LogP contribution in [0.25, 0.3) is 0 Å². The van der Waals surface area contributed by atoms with E-state index in [0.29, 0.717) is 18.8 Å². The molecule has 3 aromatic carbocycles. The highest BCUT2D eigenvalue weighted by molar-refractivity contribution is 5.80. The molecule has 4 rings (SSSR count). The molecule has 0 saturated heterocycles. The van der Waals surface area contributed by atoms with E-state index in [1.165, 1.54) is 11.1 Å². The minimum atomic E-state index is -0.642. The Morgan fingerprint density at radius 3 is 2.48 bits per heavy atom. The molecule has 1 aliphatic rings. The molecule has 5 nitrogen and oxygen atoms in total. The van der Waals surface area contributed by atoms with Crippen LogP contribution < -0.4 is 10.1 Å². The standard InChI is InChI=1S/C28H30N2O3/c1-19-9-11-24(12-10-19)27-26-17-25(14-13-23(26)15-16-30(27)21(3)31)33-20(2)28(32)29-18-22-7-5-4-6-8-22/h4-14,17,20,27H,15-16,18H2,1-3H3,(H,29,32)/t20-,27+/m0/s1. The highest BCUT2D eigenvalue weighted by atomic mass is 16.5. The summed E-state index contributed by atoms with van der Waals surface area (Å²) in [6.07, 6.45) is 0.155. The van der Waals surface area contributed by atoms with Crippen molar-refractivity contribution in [1.29, 1.82) is 0 Å². The summed E-state index contributed by atoms with van der Waals surface area (Å²) in [7, 11) is 0. The van der Waals surface area contributed by atoms with Crippen LogP contribution in [-0.2, 0) is 22.6 Å². The fraction of sp³-hybridized carbons (Fsp3) is 0.286. The largest absolute Gasteiger partial charge is 0.481 e. The Morgan fingerprint density at radius 2 is 1.79 bits per heavy atom. The molecule has 0 unspecified atom stereocenters. The van der Waals surface area contributed by atoms with E-state index in [9.17, 15) is 9.59 Å². The van der Waals surface area contributed by atoms with E-state index in [4.69, 9.17) is 4.74 Å². The molecular weight excluding hydrogens is 412 g/mol. The zero-order valence-electron chi connectivity index (χ0n) is 19.4. The first-order chi connectivity index (χ1) is 15.9. The molecule has 170 valence electrons. The minimum absolute atomic E-state index is 0.0474. The lowest BCUT2D eigenvalue weighted by Crippen LogP contribution is -2.39. The normalized spacial score (nSPS) is 16.0. The molecule has 1 N–H and O–H groups in total. The first-order valence-electron chi connectivity index (χ1n) is 11.4. The molecule has 1 aliphatic heterocycles. The first kappa shape index (κ1) is 22.6. The van der Waals surface area contributed by atoms with E-state index < -0.39 is 6.10 Å². The topological polar surface area (TPSA) is 58.6 Å². The predicted octanol–water partition coefficient (Wildman–Crippen LogP) is 4.57. The van der Waals surface area contributed by atoms with E-state index in [-0.39, 0.29) is 17.9 Å². The number of hydrogen-bond acceptors (Lipinski definition) is 3. The molecule has 3 aromatic rings. The van der Waals surface area contributed by atoms with Crippen LogP contribution in [0.1, 0.15) is 47.7 Å². The number of rotatable bonds is 6. The van der Waals surface area contributed by atoms with Crippen molar-refractivity contribution in [2.45, 2.75) is 45.9 Å². The summed E-state index contributed by atoms with van der Waals surface area (Å²) in [6.45, 7) is 6.56. The van der Waals surface area contributed by atoms with Crippen molar-refractivity contribution in [2.75, 3.05) is 6.54 Å². The molecule has 2 atom stereocenters. The second-order valence-electron chi connectivity index (χ2n) is 8.60. The van der Waals surface area contributed by atoms with Crippen LogP contribution in [0.15, 0.2) is 72.8 Å². The van der Waals surface area contributed by atoms with Gasteiger partial charge in [0.05, 0.1) is 6.04 Å². The molecule has 0 aromatic heterocycles. The molecule has 5 heteroatoms. The zero-order valence-corrected chi connectivity index (χ0v) is 19.4. The van der Waals surface area contributed by atoms with Crippen LogP contribution in [0, 0.1) is 6.92 Å². The highest BCUT2D eigenvalue weighted by Crippen LogP contribution is 2.37. The number of aryl methyl sites for hydroxylation is 1. The Balaban J connectivity index is 1.54. The van der Waals surface area contributed by atoms with Crippen molar-refractivity contribution in [2.24, 2.45) is 0 Å². The van der Waals surface area contributed by atoms with Crippen molar-refractivity contribution in [1.82, 2.24) is 10.2 Å². The maximum absolute atomic E-state index is 12.6. The van der Waals surface area contributed by atoms with Gasteiger partial charge in [0, 0.05) is 20.0 Å². The zero-order chi connectivity index (χ0) is 23.4. The van der Waals surface area contributed by atoms with Gasteiger partial charge in [-0.3, -0.25) is 9.59 Å². The summed E-state index contributed by atoms with van der Waals surface area (Å²) in [5, 5.41) is 2.93. The van der Waals surface area contributed by atoms with E-state index in [0.717, 1.165) is 23.1 Å². The molecule has 1 heterocycles. The predicted molar refractivity (Wildman–Crippen MR) is 129 cm³/mol. The van der Waals surface area contributed by atoms with Crippen LogP contribution in [0.3, 0.4) is 0 Å². The van der Waals surface area contributed by atoms with Gasteiger partial charge in [-0.25, -0.2) is 0 Å². The number of benzene rings is 3. The van der Waals surface area contributed by atoms with Crippen LogP contribution in [-0.4, -0.2) is 29.4 Å². The lowest BCUT2D eigenvalue weighted by atomic mass is 9.87. The minimum Gasteiger partial charge on any atom is -0.481 e. The highest BCUT2D eigenvalue weighted by Gasteiger charge is 2.31. The maximum atomic E-state index is 12.6. The quantitative estimate of drug-likeness (QED) is 0.608. The van der Waals surface area contributed by atoms with E-state index in [2.05, 4.69) is 42.6 Å². The Bertz CT molecular complexity index is 1130. The molecule has 0 aliphatic carbocycles. The van der Waals surface area contributed by atoms with Crippen LogP contribution in [0.5, 0.6) is 5.75 Å². The van der Waals surface area contributed by atoms with Gasteiger partial charge in [0.15, 0.2) is 6.10 Å². The number of ether oxygens (including phenoxy) is 1. The summed E-state index contributed by atoms with van der Waals surface area (Å²) in [6, 6.07) is 23.9. The summed E-state index contributed by atoms with van der Waals surface area (Å²) < 4.78 is 6.01. The van der Waals surface area contributed by atoms with Gasteiger partial charge >= 0.3 is 0 Å². The number of amides is 2. The van der Waals surface area contributed by atoms with Crippen LogP contribution in [0.2, 0.25) is 0 Å². The summed E-state index contributed by atoms with van der Waals surface area (Å²) >= 11 is 0. The second-order valence-corrected chi connectivity index (χ2v) is 8.60. The molecular formula is C28H30N2O3. The number of carbonyl (C=O) groups excluding carboxylic acids is 2. The molecule has 2 amide bonds.